The molecule has 0 aliphatic heterocycles. The van der Waals surface area contributed by atoms with Crippen molar-refractivity contribution in [2.45, 2.75) is 18.2 Å². The quantitative estimate of drug-likeness (QED) is 0.834. The number of anilines is 2. The maximum atomic E-state index is 12.1. The van der Waals surface area contributed by atoms with Gasteiger partial charge in [-0.05, 0) is 43.3 Å². The van der Waals surface area contributed by atoms with Gasteiger partial charge in [-0.3, -0.25) is 9.00 Å². The zero-order valence-electron chi connectivity index (χ0n) is 11.8. The molecule has 2 aromatic rings. The maximum absolute atomic E-state index is 12.1. The largest absolute Gasteiger partial charge is 0.399 e. The van der Waals surface area contributed by atoms with Crippen molar-refractivity contribution in [3.8, 4) is 0 Å². The van der Waals surface area contributed by atoms with Gasteiger partial charge >= 0.3 is 0 Å². The fourth-order valence-corrected chi connectivity index (χ4v) is 2.83. The molecule has 0 fully saturated rings. The minimum absolute atomic E-state index is 0.153. The fraction of sp³-hybridized carbons (Fsp3) is 0.188. The van der Waals surface area contributed by atoms with Crippen molar-refractivity contribution in [2.24, 2.45) is 0 Å². The highest BCUT2D eigenvalue weighted by atomic mass is 32.2. The van der Waals surface area contributed by atoms with Gasteiger partial charge in [-0.1, -0.05) is 17.7 Å². The molecule has 110 valence electrons. The molecular formula is C16H18N2O2S. The topological polar surface area (TPSA) is 72.2 Å². The molecule has 5 heteroatoms. The van der Waals surface area contributed by atoms with Gasteiger partial charge in [-0.15, -0.1) is 0 Å². The van der Waals surface area contributed by atoms with Crippen molar-refractivity contribution < 1.29 is 9.00 Å². The molecule has 21 heavy (non-hydrogen) atoms. The molecule has 0 heterocycles. The third-order valence-electron chi connectivity index (χ3n) is 2.99. The molecule has 0 bridgehead atoms. The number of hydrogen-bond donors (Lipinski definition) is 2. The van der Waals surface area contributed by atoms with E-state index in [1.54, 1.807) is 24.3 Å². The molecule has 0 aliphatic rings. The van der Waals surface area contributed by atoms with Crippen molar-refractivity contribution >= 4 is 28.1 Å². The van der Waals surface area contributed by atoms with Crippen LogP contribution in [0.5, 0.6) is 0 Å². The van der Waals surface area contributed by atoms with E-state index in [2.05, 4.69) is 5.32 Å². The lowest BCUT2D eigenvalue weighted by molar-refractivity contribution is -0.115. The minimum Gasteiger partial charge on any atom is -0.399 e. The molecule has 2 aromatic carbocycles. The highest BCUT2D eigenvalue weighted by Gasteiger charge is 2.08. The monoisotopic (exact) mass is 302 g/mol. The Labute approximate surface area is 126 Å². The molecule has 3 N–H and O–H groups in total. The van der Waals surface area contributed by atoms with Crippen LogP contribution < -0.4 is 11.1 Å². The first-order valence-electron chi connectivity index (χ1n) is 6.65. The van der Waals surface area contributed by atoms with Crippen LogP contribution >= 0.6 is 0 Å². The first-order valence-corrected chi connectivity index (χ1v) is 7.97. The second kappa shape index (κ2) is 7.04. The van der Waals surface area contributed by atoms with E-state index < -0.39 is 10.8 Å². The van der Waals surface area contributed by atoms with Gasteiger partial charge in [-0.25, -0.2) is 0 Å². The van der Waals surface area contributed by atoms with Crippen molar-refractivity contribution in [2.75, 3.05) is 16.8 Å². The Morgan fingerprint density at radius 3 is 2.33 bits per heavy atom. The average Bonchev–Trinajstić information content (AvgIpc) is 2.48. The Bertz CT molecular complexity index is 636. The van der Waals surface area contributed by atoms with Crippen LogP contribution in [0.3, 0.4) is 0 Å². The Morgan fingerprint density at radius 1 is 1.10 bits per heavy atom. The Kier molecular flexibility index (Phi) is 5.11. The Hall–Kier alpha value is -2.14. The van der Waals surface area contributed by atoms with Gasteiger partial charge in [0.25, 0.3) is 0 Å². The lowest BCUT2D eigenvalue weighted by atomic mass is 10.2. The molecule has 1 atom stereocenters. The molecule has 4 nitrogen and oxygen atoms in total. The van der Waals surface area contributed by atoms with Crippen LogP contribution in [0.2, 0.25) is 0 Å². The van der Waals surface area contributed by atoms with Crippen LogP contribution in [-0.4, -0.2) is 15.9 Å². The van der Waals surface area contributed by atoms with Gasteiger partial charge in [0.1, 0.15) is 0 Å². The van der Waals surface area contributed by atoms with Crippen LogP contribution in [-0.2, 0) is 15.6 Å². The molecule has 0 saturated heterocycles. The molecule has 0 aromatic heterocycles. The summed E-state index contributed by atoms with van der Waals surface area (Å²) in [6.45, 7) is 1.98. The molecule has 1 amide bonds. The van der Waals surface area contributed by atoms with Gasteiger partial charge in [-0.2, -0.15) is 0 Å². The van der Waals surface area contributed by atoms with Crippen LogP contribution in [0.25, 0.3) is 0 Å². The van der Waals surface area contributed by atoms with E-state index in [4.69, 9.17) is 5.73 Å². The van der Waals surface area contributed by atoms with Gasteiger partial charge in [0.2, 0.25) is 5.91 Å². The van der Waals surface area contributed by atoms with E-state index in [1.807, 2.05) is 31.2 Å². The van der Waals surface area contributed by atoms with Crippen molar-refractivity contribution in [3.63, 3.8) is 0 Å². The van der Waals surface area contributed by atoms with Crippen molar-refractivity contribution in [1.82, 2.24) is 0 Å². The summed E-state index contributed by atoms with van der Waals surface area (Å²) in [6.07, 6.45) is 0.213. The van der Waals surface area contributed by atoms with Crippen LogP contribution in [0.4, 0.5) is 11.4 Å². The zero-order chi connectivity index (χ0) is 15.2. The normalized spacial score (nSPS) is 11.9. The van der Waals surface area contributed by atoms with Crippen LogP contribution in [0, 0.1) is 6.92 Å². The molecule has 0 saturated carbocycles. The third kappa shape index (κ3) is 4.72. The summed E-state index contributed by atoms with van der Waals surface area (Å²) in [4.78, 5) is 12.6. The van der Waals surface area contributed by atoms with Crippen molar-refractivity contribution in [1.29, 1.82) is 0 Å². The Morgan fingerprint density at radius 2 is 1.71 bits per heavy atom. The number of benzene rings is 2. The predicted molar refractivity (Wildman–Crippen MR) is 86.6 cm³/mol. The summed E-state index contributed by atoms with van der Waals surface area (Å²) in [7, 11) is -1.15. The smallest absolute Gasteiger partial charge is 0.225 e. The van der Waals surface area contributed by atoms with E-state index in [1.165, 1.54) is 0 Å². The zero-order valence-corrected chi connectivity index (χ0v) is 12.7. The van der Waals surface area contributed by atoms with Crippen LogP contribution in [0.1, 0.15) is 12.0 Å². The predicted octanol–water partition coefficient (Wildman–Crippen LogP) is 2.71. The highest BCUT2D eigenvalue weighted by molar-refractivity contribution is 7.85. The van der Waals surface area contributed by atoms with E-state index >= 15 is 0 Å². The minimum atomic E-state index is -1.15. The number of carbonyl (C=O) groups is 1. The van der Waals surface area contributed by atoms with Crippen LogP contribution in [0.15, 0.2) is 53.4 Å². The number of rotatable bonds is 5. The third-order valence-corrected chi connectivity index (χ3v) is 4.37. The summed E-state index contributed by atoms with van der Waals surface area (Å²) in [6, 6.07) is 14.4. The van der Waals surface area contributed by atoms with E-state index in [0.29, 0.717) is 17.1 Å². The molecule has 2 rings (SSSR count). The number of nitrogen functional groups attached to an aromatic ring is 1. The molecule has 0 aliphatic carbocycles. The number of aryl methyl sites for hydroxylation is 1. The molecule has 0 radical (unpaired) electrons. The van der Waals surface area contributed by atoms with E-state index in [9.17, 15) is 9.00 Å². The van der Waals surface area contributed by atoms with Crippen molar-refractivity contribution in [3.05, 3.63) is 54.1 Å². The summed E-state index contributed by atoms with van der Waals surface area (Å²) in [5.74, 6) is 0.157. The first-order chi connectivity index (χ1) is 10.0. The number of nitrogens with two attached hydrogens (primary N) is 1. The highest BCUT2D eigenvalue weighted by Crippen LogP contribution is 2.12. The number of hydrogen-bond acceptors (Lipinski definition) is 3. The molecule has 1 unspecified atom stereocenters. The number of amides is 1. The van der Waals surface area contributed by atoms with Gasteiger partial charge in [0, 0.05) is 28.4 Å². The maximum Gasteiger partial charge on any atom is 0.225 e. The second-order valence-electron chi connectivity index (χ2n) is 4.78. The van der Waals surface area contributed by atoms with Gasteiger partial charge < -0.3 is 11.1 Å². The fourth-order valence-electron chi connectivity index (χ4n) is 1.78. The lowest BCUT2D eigenvalue weighted by Gasteiger charge is -2.06. The Balaban J connectivity index is 1.84. The molecular weight excluding hydrogens is 284 g/mol. The van der Waals surface area contributed by atoms with Gasteiger partial charge in [0.15, 0.2) is 0 Å². The summed E-state index contributed by atoms with van der Waals surface area (Å²) >= 11 is 0. The summed E-state index contributed by atoms with van der Waals surface area (Å²) < 4.78 is 12.1. The summed E-state index contributed by atoms with van der Waals surface area (Å²) in [5.41, 5.74) is 8.04. The second-order valence-corrected chi connectivity index (χ2v) is 6.35. The van der Waals surface area contributed by atoms with E-state index in [0.717, 1.165) is 10.5 Å². The number of carbonyl (C=O) groups excluding carboxylic acids is 1. The summed E-state index contributed by atoms with van der Waals surface area (Å²) in [5, 5.41) is 2.76. The standard InChI is InChI=1S/C16H18N2O2S/c1-12-2-8-15(9-3-12)21(20)11-10-16(19)18-14-6-4-13(17)5-7-14/h2-9H,10-11,17H2,1H3,(H,18,19). The SMILES string of the molecule is Cc1ccc(S(=O)CCC(=O)Nc2ccc(N)cc2)cc1. The van der Waals surface area contributed by atoms with E-state index in [-0.39, 0.29) is 12.3 Å². The first kappa shape index (κ1) is 15.3. The molecule has 0 spiro atoms. The lowest BCUT2D eigenvalue weighted by Crippen LogP contribution is -2.14. The number of nitrogens with one attached hydrogen (secondary N) is 1. The van der Waals surface area contributed by atoms with Gasteiger partial charge in [0.05, 0.1) is 10.8 Å². The average molecular weight is 302 g/mol.